The van der Waals surface area contributed by atoms with Gasteiger partial charge in [-0.15, -0.1) is 0 Å². The van der Waals surface area contributed by atoms with Gasteiger partial charge in [0, 0.05) is 51.1 Å². The first kappa shape index (κ1) is 20.8. The summed E-state index contributed by atoms with van der Waals surface area (Å²) in [7, 11) is 3.88. The normalized spacial score (nSPS) is 14.8. The van der Waals surface area contributed by atoms with E-state index in [2.05, 4.69) is 34.3 Å². The van der Waals surface area contributed by atoms with Gasteiger partial charge in [-0.3, -0.25) is 0 Å². The third-order valence-corrected chi connectivity index (χ3v) is 5.96. The lowest BCUT2D eigenvalue weighted by molar-refractivity contribution is 0.220. The highest BCUT2D eigenvalue weighted by Crippen LogP contribution is 2.27. The van der Waals surface area contributed by atoms with E-state index in [4.69, 9.17) is 23.2 Å². The fourth-order valence-corrected chi connectivity index (χ4v) is 3.64. The maximum Gasteiger partial charge on any atom is 0.321 e. The zero-order chi connectivity index (χ0) is 20.3. The van der Waals surface area contributed by atoms with Crippen molar-refractivity contribution in [2.45, 2.75) is 13.5 Å². The summed E-state index contributed by atoms with van der Waals surface area (Å²) in [6.45, 7) is 6.56. The highest BCUT2D eigenvalue weighted by molar-refractivity contribution is 6.42. The first-order chi connectivity index (χ1) is 13.3. The molecule has 1 fully saturated rings. The molecule has 5 nitrogen and oxygen atoms in total. The van der Waals surface area contributed by atoms with Gasteiger partial charge in [0.1, 0.15) is 0 Å². The minimum Gasteiger partial charge on any atom is -0.369 e. The van der Waals surface area contributed by atoms with Crippen molar-refractivity contribution in [1.82, 2.24) is 9.80 Å². The number of hydrogen-bond acceptors (Lipinski definition) is 3. The molecule has 0 atom stereocenters. The van der Waals surface area contributed by atoms with Crippen LogP contribution in [0.2, 0.25) is 10.0 Å². The van der Waals surface area contributed by atoms with Crippen LogP contribution in [-0.2, 0) is 6.54 Å². The predicted octanol–water partition coefficient (Wildman–Crippen LogP) is 4.72. The molecule has 0 saturated carbocycles. The standard InChI is InChI=1S/C21H26Cl2N4O/c1-15-13-17(27-11-9-25(2)10-12-27)7-8-19(15)24-21(28)26(3)14-16-5-4-6-18(22)20(16)23/h4-8,13H,9-12,14H2,1-3H3,(H,24,28). The molecular formula is C21H26Cl2N4O. The van der Waals surface area contributed by atoms with Gasteiger partial charge in [-0.1, -0.05) is 35.3 Å². The molecule has 0 aromatic heterocycles. The zero-order valence-electron chi connectivity index (χ0n) is 16.5. The number of benzene rings is 2. The van der Waals surface area contributed by atoms with Crippen LogP contribution in [0.1, 0.15) is 11.1 Å². The lowest BCUT2D eigenvalue weighted by Gasteiger charge is -2.34. The summed E-state index contributed by atoms with van der Waals surface area (Å²) in [5.41, 5.74) is 3.86. The molecule has 3 rings (SSSR count). The third kappa shape index (κ3) is 4.90. The molecule has 0 unspecified atom stereocenters. The second-order valence-corrected chi connectivity index (χ2v) is 8.07. The summed E-state index contributed by atoms with van der Waals surface area (Å²) in [5.74, 6) is 0. The molecule has 2 aromatic rings. The van der Waals surface area contributed by atoms with Gasteiger partial charge >= 0.3 is 6.03 Å². The second-order valence-electron chi connectivity index (χ2n) is 7.29. The molecule has 1 saturated heterocycles. The Morgan fingerprint density at radius 2 is 1.86 bits per heavy atom. The number of hydrogen-bond donors (Lipinski definition) is 1. The Hall–Kier alpha value is -1.95. The van der Waals surface area contributed by atoms with Crippen LogP contribution in [0.4, 0.5) is 16.2 Å². The molecule has 7 heteroatoms. The Kier molecular flexibility index (Phi) is 6.70. The maximum absolute atomic E-state index is 12.6. The fourth-order valence-electron chi connectivity index (χ4n) is 3.26. The van der Waals surface area contributed by atoms with Crippen LogP contribution >= 0.6 is 23.2 Å². The van der Waals surface area contributed by atoms with Gasteiger partial charge in [-0.05, 0) is 49.4 Å². The van der Waals surface area contributed by atoms with E-state index < -0.39 is 0 Å². The fraction of sp³-hybridized carbons (Fsp3) is 0.381. The molecule has 0 aliphatic carbocycles. The second kappa shape index (κ2) is 9.03. The smallest absolute Gasteiger partial charge is 0.321 e. The van der Waals surface area contributed by atoms with E-state index in [9.17, 15) is 4.79 Å². The number of aryl methyl sites for hydroxylation is 1. The van der Waals surface area contributed by atoms with Crippen molar-refractivity contribution in [3.63, 3.8) is 0 Å². The van der Waals surface area contributed by atoms with Crippen LogP contribution in [0.3, 0.4) is 0 Å². The van der Waals surface area contributed by atoms with Gasteiger partial charge < -0.3 is 20.0 Å². The lowest BCUT2D eigenvalue weighted by atomic mass is 10.1. The van der Waals surface area contributed by atoms with Crippen molar-refractivity contribution >= 4 is 40.6 Å². The van der Waals surface area contributed by atoms with Crippen molar-refractivity contribution in [2.24, 2.45) is 0 Å². The minimum absolute atomic E-state index is 0.188. The first-order valence-corrected chi connectivity index (χ1v) is 10.1. The van der Waals surface area contributed by atoms with E-state index >= 15 is 0 Å². The van der Waals surface area contributed by atoms with Crippen molar-refractivity contribution in [2.75, 3.05) is 50.5 Å². The number of piperazine rings is 1. The number of halogens is 2. The molecule has 0 spiro atoms. The highest BCUT2D eigenvalue weighted by Gasteiger charge is 2.16. The van der Waals surface area contributed by atoms with E-state index in [1.807, 2.05) is 25.1 Å². The quantitative estimate of drug-likeness (QED) is 0.777. The molecule has 2 aromatic carbocycles. The number of nitrogens with one attached hydrogen (secondary N) is 1. The van der Waals surface area contributed by atoms with Crippen LogP contribution in [0.25, 0.3) is 0 Å². The molecule has 1 aliphatic heterocycles. The monoisotopic (exact) mass is 420 g/mol. The molecule has 1 N–H and O–H groups in total. The Balaban J connectivity index is 1.64. The summed E-state index contributed by atoms with van der Waals surface area (Å²) >= 11 is 12.3. The van der Waals surface area contributed by atoms with Gasteiger partial charge in [-0.25, -0.2) is 4.79 Å². The van der Waals surface area contributed by atoms with Gasteiger partial charge in [-0.2, -0.15) is 0 Å². The molecule has 0 radical (unpaired) electrons. The lowest BCUT2D eigenvalue weighted by Crippen LogP contribution is -2.44. The van der Waals surface area contributed by atoms with E-state index in [1.165, 1.54) is 5.69 Å². The number of amides is 2. The van der Waals surface area contributed by atoms with Crippen LogP contribution in [0, 0.1) is 6.92 Å². The van der Waals surface area contributed by atoms with E-state index in [0.717, 1.165) is 43.0 Å². The maximum atomic E-state index is 12.6. The van der Waals surface area contributed by atoms with E-state index in [-0.39, 0.29) is 6.03 Å². The van der Waals surface area contributed by atoms with Gasteiger partial charge in [0.25, 0.3) is 0 Å². The number of likely N-dealkylation sites (N-methyl/N-ethyl adjacent to an activating group) is 1. The molecule has 1 heterocycles. The average molecular weight is 421 g/mol. The molecular weight excluding hydrogens is 395 g/mol. The van der Waals surface area contributed by atoms with E-state index in [0.29, 0.717) is 16.6 Å². The number of anilines is 2. The van der Waals surface area contributed by atoms with Gasteiger partial charge in [0.2, 0.25) is 0 Å². The molecule has 1 aliphatic rings. The minimum atomic E-state index is -0.188. The zero-order valence-corrected chi connectivity index (χ0v) is 18.0. The van der Waals surface area contributed by atoms with Crippen molar-refractivity contribution in [3.8, 4) is 0 Å². The van der Waals surface area contributed by atoms with Gasteiger partial charge in [0.15, 0.2) is 0 Å². The predicted molar refractivity (Wildman–Crippen MR) is 118 cm³/mol. The SMILES string of the molecule is Cc1cc(N2CCN(C)CC2)ccc1NC(=O)N(C)Cc1cccc(Cl)c1Cl. The topological polar surface area (TPSA) is 38.8 Å². The molecule has 28 heavy (non-hydrogen) atoms. The Bertz CT molecular complexity index is 850. The molecule has 2 amide bonds. The summed E-state index contributed by atoms with van der Waals surface area (Å²) < 4.78 is 0. The molecule has 0 bridgehead atoms. The third-order valence-electron chi connectivity index (χ3n) is 5.11. The number of nitrogens with zero attached hydrogens (tertiary/aromatic N) is 3. The van der Waals surface area contributed by atoms with Crippen LogP contribution in [0.15, 0.2) is 36.4 Å². The first-order valence-electron chi connectivity index (χ1n) is 9.34. The van der Waals surface area contributed by atoms with Crippen LogP contribution < -0.4 is 10.2 Å². The summed E-state index contributed by atoms with van der Waals surface area (Å²) in [6.07, 6.45) is 0. The van der Waals surface area contributed by atoms with Crippen LogP contribution in [-0.4, -0.2) is 56.1 Å². The Morgan fingerprint density at radius 3 is 2.54 bits per heavy atom. The van der Waals surface area contributed by atoms with Crippen molar-refractivity contribution < 1.29 is 4.79 Å². The van der Waals surface area contributed by atoms with E-state index in [1.54, 1.807) is 18.0 Å². The molecule has 150 valence electrons. The average Bonchev–Trinajstić information content (AvgIpc) is 2.67. The van der Waals surface area contributed by atoms with Crippen molar-refractivity contribution in [3.05, 3.63) is 57.6 Å². The summed E-state index contributed by atoms with van der Waals surface area (Å²) in [5, 5.41) is 3.96. The Labute approximate surface area is 176 Å². The number of carbonyl (C=O) groups is 1. The van der Waals surface area contributed by atoms with Crippen LogP contribution in [0.5, 0.6) is 0 Å². The summed E-state index contributed by atoms with van der Waals surface area (Å²) in [6, 6.07) is 11.4. The number of carbonyl (C=O) groups excluding carboxylic acids is 1. The van der Waals surface area contributed by atoms with Crippen molar-refractivity contribution in [1.29, 1.82) is 0 Å². The largest absolute Gasteiger partial charge is 0.369 e. The number of rotatable bonds is 4. The summed E-state index contributed by atoms with van der Waals surface area (Å²) in [4.78, 5) is 18.9. The highest BCUT2D eigenvalue weighted by atomic mass is 35.5. The van der Waals surface area contributed by atoms with Gasteiger partial charge in [0.05, 0.1) is 10.0 Å². The Morgan fingerprint density at radius 1 is 1.14 bits per heavy atom. The number of urea groups is 1.